The fourth-order valence-corrected chi connectivity index (χ4v) is 3.04. The molecule has 0 saturated carbocycles. The molecule has 2 heterocycles. The molecular formula is C17H21ClN4. The molecule has 116 valence electrons. The lowest BCUT2D eigenvalue weighted by Gasteiger charge is -2.29. The Morgan fingerprint density at radius 1 is 1.32 bits per heavy atom. The number of nitrogens with one attached hydrogen (secondary N) is 1. The number of benzene rings is 1. The van der Waals surface area contributed by atoms with Gasteiger partial charge in [-0.2, -0.15) is 0 Å². The fourth-order valence-electron chi connectivity index (χ4n) is 2.75. The highest BCUT2D eigenvalue weighted by Gasteiger charge is 2.17. The summed E-state index contributed by atoms with van der Waals surface area (Å²) < 4.78 is 0. The number of aromatic nitrogens is 2. The molecule has 0 atom stereocenters. The van der Waals surface area contributed by atoms with Crippen LogP contribution < -0.4 is 5.32 Å². The minimum atomic E-state index is 0.712. The predicted molar refractivity (Wildman–Crippen MR) is 90.4 cm³/mol. The Kier molecular flexibility index (Phi) is 4.60. The van der Waals surface area contributed by atoms with E-state index in [0.717, 1.165) is 48.9 Å². The van der Waals surface area contributed by atoms with Crippen LogP contribution in [-0.4, -0.2) is 34.5 Å². The third kappa shape index (κ3) is 3.39. The minimum absolute atomic E-state index is 0.712. The summed E-state index contributed by atoms with van der Waals surface area (Å²) in [6.07, 6.45) is 2.89. The van der Waals surface area contributed by atoms with Crippen LogP contribution in [0.3, 0.4) is 0 Å². The van der Waals surface area contributed by atoms with E-state index in [4.69, 9.17) is 11.6 Å². The molecule has 0 saturated heterocycles. The molecule has 3 rings (SSSR count). The summed E-state index contributed by atoms with van der Waals surface area (Å²) in [5.74, 6) is 0.712. The topological polar surface area (TPSA) is 41.1 Å². The highest BCUT2D eigenvalue weighted by molar-refractivity contribution is 6.31. The highest BCUT2D eigenvalue weighted by Crippen LogP contribution is 2.25. The first kappa shape index (κ1) is 15.3. The van der Waals surface area contributed by atoms with Crippen LogP contribution in [0, 0.1) is 13.8 Å². The monoisotopic (exact) mass is 316 g/mol. The third-order valence-corrected chi connectivity index (χ3v) is 4.58. The van der Waals surface area contributed by atoms with Gasteiger partial charge in [0.25, 0.3) is 0 Å². The van der Waals surface area contributed by atoms with Gasteiger partial charge in [-0.15, -0.1) is 0 Å². The lowest BCUT2D eigenvalue weighted by atomic mass is 10.00. The van der Waals surface area contributed by atoms with Crippen LogP contribution in [-0.2, 0) is 13.0 Å². The molecule has 22 heavy (non-hydrogen) atoms. The molecule has 1 aromatic carbocycles. The zero-order chi connectivity index (χ0) is 15.5. The Morgan fingerprint density at radius 2 is 2.18 bits per heavy atom. The number of nitrogens with zero attached hydrogens (tertiary/aromatic N) is 3. The molecule has 1 N–H and O–H groups in total. The van der Waals surface area contributed by atoms with E-state index in [1.54, 1.807) is 0 Å². The Labute approximate surface area is 136 Å². The first-order valence-electron chi connectivity index (χ1n) is 7.66. The van der Waals surface area contributed by atoms with Crippen molar-refractivity contribution in [2.45, 2.75) is 26.8 Å². The summed E-state index contributed by atoms with van der Waals surface area (Å²) in [4.78, 5) is 11.2. The minimum Gasteiger partial charge on any atom is -0.353 e. The summed E-state index contributed by atoms with van der Waals surface area (Å²) in [6.45, 7) is 7.86. The molecule has 5 heteroatoms. The van der Waals surface area contributed by atoms with E-state index >= 15 is 0 Å². The number of halogens is 1. The molecule has 0 fully saturated rings. The van der Waals surface area contributed by atoms with Crippen molar-refractivity contribution in [3.63, 3.8) is 0 Å². The van der Waals surface area contributed by atoms with Crippen molar-refractivity contribution in [2.24, 2.45) is 0 Å². The van der Waals surface area contributed by atoms with E-state index < -0.39 is 0 Å². The molecule has 0 aliphatic carbocycles. The van der Waals surface area contributed by atoms with Crippen molar-refractivity contribution >= 4 is 17.5 Å². The van der Waals surface area contributed by atoms with E-state index in [2.05, 4.69) is 26.3 Å². The maximum Gasteiger partial charge on any atom is 0.222 e. The van der Waals surface area contributed by atoms with Gasteiger partial charge in [-0.3, -0.25) is 4.90 Å². The quantitative estimate of drug-likeness (QED) is 0.940. The molecule has 4 nitrogen and oxygen atoms in total. The first-order chi connectivity index (χ1) is 10.6. The lowest BCUT2D eigenvalue weighted by Crippen LogP contribution is -2.34. The number of hydrogen-bond acceptors (Lipinski definition) is 4. The maximum absolute atomic E-state index is 6.25. The van der Waals surface area contributed by atoms with Crippen molar-refractivity contribution in [3.8, 4) is 0 Å². The van der Waals surface area contributed by atoms with Gasteiger partial charge in [-0.1, -0.05) is 23.7 Å². The standard InChI is InChI=1S/C17H21ClN4/c1-12-10-20-17(21-13(12)2)19-7-9-22-8-6-15-14(11-22)4-3-5-16(15)18/h3-5,10H,6-9,11H2,1-2H3,(H,19,20,21). The largest absolute Gasteiger partial charge is 0.353 e. The molecule has 0 spiro atoms. The second kappa shape index (κ2) is 6.63. The average molecular weight is 317 g/mol. The van der Waals surface area contributed by atoms with E-state index in [1.165, 1.54) is 11.1 Å². The summed E-state index contributed by atoms with van der Waals surface area (Å²) in [5.41, 5.74) is 4.81. The van der Waals surface area contributed by atoms with Crippen LogP contribution in [0.25, 0.3) is 0 Å². The third-order valence-electron chi connectivity index (χ3n) is 4.22. The summed E-state index contributed by atoms with van der Waals surface area (Å²) in [7, 11) is 0. The van der Waals surface area contributed by atoms with E-state index in [9.17, 15) is 0 Å². The predicted octanol–water partition coefficient (Wildman–Crippen LogP) is 3.22. The van der Waals surface area contributed by atoms with Crippen LogP contribution in [0.5, 0.6) is 0 Å². The van der Waals surface area contributed by atoms with Crippen molar-refractivity contribution in [2.75, 3.05) is 25.0 Å². The van der Waals surface area contributed by atoms with Crippen LogP contribution in [0.1, 0.15) is 22.4 Å². The molecule has 1 aliphatic heterocycles. The van der Waals surface area contributed by atoms with Crippen LogP contribution >= 0.6 is 11.6 Å². The van der Waals surface area contributed by atoms with Gasteiger partial charge in [0.05, 0.1) is 0 Å². The van der Waals surface area contributed by atoms with E-state index in [1.807, 2.05) is 32.2 Å². The van der Waals surface area contributed by atoms with Gasteiger partial charge in [-0.05, 0) is 43.0 Å². The normalized spacial score (nSPS) is 14.7. The maximum atomic E-state index is 6.25. The van der Waals surface area contributed by atoms with Crippen LogP contribution in [0.4, 0.5) is 5.95 Å². The fraction of sp³-hybridized carbons (Fsp3) is 0.412. The van der Waals surface area contributed by atoms with Crippen molar-refractivity contribution in [1.29, 1.82) is 0 Å². The van der Waals surface area contributed by atoms with Crippen molar-refractivity contribution in [3.05, 3.63) is 51.8 Å². The molecule has 1 aromatic heterocycles. The number of rotatable bonds is 4. The Bertz CT molecular complexity index is 672. The van der Waals surface area contributed by atoms with Gasteiger partial charge in [0.1, 0.15) is 0 Å². The second-order valence-corrected chi connectivity index (χ2v) is 6.20. The summed E-state index contributed by atoms with van der Waals surface area (Å²) in [5, 5.41) is 4.21. The average Bonchev–Trinajstić information content (AvgIpc) is 2.51. The number of aryl methyl sites for hydroxylation is 2. The molecule has 0 amide bonds. The summed E-state index contributed by atoms with van der Waals surface area (Å²) in [6, 6.07) is 6.19. The Morgan fingerprint density at radius 3 is 3.00 bits per heavy atom. The second-order valence-electron chi connectivity index (χ2n) is 5.79. The summed E-state index contributed by atoms with van der Waals surface area (Å²) >= 11 is 6.25. The zero-order valence-corrected chi connectivity index (χ0v) is 13.8. The first-order valence-corrected chi connectivity index (χ1v) is 8.04. The van der Waals surface area contributed by atoms with E-state index in [0.29, 0.717) is 5.95 Å². The highest BCUT2D eigenvalue weighted by atomic mass is 35.5. The van der Waals surface area contributed by atoms with Gasteiger partial charge in [0, 0.05) is 43.1 Å². The molecule has 0 bridgehead atoms. The number of anilines is 1. The van der Waals surface area contributed by atoms with Gasteiger partial charge in [0.2, 0.25) is 5.95 Å². The number of hydrogen-bond donors (Lipinski definition) is 1. The van der Waals surface area contributed by atoms with Crippen LogP contribution in [0.15, 0.2) is 24.4 Å². The smallest absolute Gasteiger partial charge is 0.222 e. The molecular weight excluding hydrogens is 296 g/mol. The Balaban J connectivity index is 1.54. The molecule has 0 unspecified atom stereocenters. The van der Waals surface area contributed by atoms with Crippen molar-refractivity contribution < 1.29 is 0 Å². The van der Waals surface area contributed by atoms with Crippen molar-refractivity contribution in [1.82, 2.24) is 14.9 Å². The molecule has 2 aromatic rings. The van der Waals surface area contributed by atoms with Gasteiger partial charge < -0.3 is 5.32 Å². The van der Waals surface area contributed by atoms with Gasteiger partial charge in [0.15, 0.2) is 0 Å². The molecule has 0 radical (unpaired) electrons. The van der Waals surface area contributed by atoms with Gasteiger partial charge >= 0.3 is 0 Å². The Hall–Kier alpha value is -1.65. The molecule has 1 aliphatic rings. The van der Waals surface area contributed by atoms with Gasteiger partial charge in [-0.25, -0.2) is 9.97 Å². The lowest BCUT2D eigenvalue weighted by molar-refractivity contribution is 0.264. The zero-order valence-electron chi connectivity index (χ0n) is 13.1. The van der Waals surface area contributed by atoms with Crippen LogP contribution in [0.2, 0.25) is 5.02 Å². The van der Waals surface area contributed by atoms with E-state index in [-0.39, 0.29) is 0 Å². The number of fused-ring (bicyclic) bond motifs is 1. The SMILES string of the molecule is Cc1cnc(NCCN2CCc3c(Cl)cccc3C2)nc1C.